The molecule has 0 bridgehead atoms. The Hall–Kier alpha value is -2.09. The van der Waals surface area contributed by atoms with E-state index in [-0.39, 0.29) is 11.7 Å². The monoisotopic (exact) mass is 268 g/mol. The van der Waals surface area contributed by atoms with E-state index in [0.717, 1.165) is 24.2 Å². The van der Waals surface area contributed by atoms with Crippen molar-refractivity contribution in [3.8, 4) is 5.75 Å². The van der Waals surface area contributed by atoms with Crippen LogP contribution in [0, 0.1) is 5.92 Å². The topological polar surface area (TPSA) is 26.3 Å². The van der Waals surface area contributed by atoms with Crippen LogP contribution in [0.15, 0.2) is 60.7 Å². The number of benzene rings is 2. The van der Waals surface area contributed by atoms with Crippen LogP contribution in [-0.2, 0) is 0 Å². The van der Waals surface area contributed by atoms with Crippen LogP contribution < -0.4 is 4.74 Å². The number of carbonyl (C=O) groups excluding carboxylic acids is 1. The second kappa shape index (κ2) is 7.49. The predicted molar refractivity (Wildman–Crippen MR) is 81.1 cm³/mol. The molecule has 2 rings (SSSR count). The van der Waals surface area contributed by atoms with Crippen molar-refractivity contribution in [1.82, 2.24) is 0 Å². The Balaban J connectivity index is 1.73. The molecule has 0 radical (unpaired) electrons. The first-order chi connectivity index (χ1) is 9.77. The molecule has 0 aromatic heterocycles. The van der Waals surface area contributed by atoms with Crippen LogP contribution >= 0.6 is 0 Å². The summed E-state index contributed by atoms with van der Waals surface area (Å²) in [5.74, 6) is 1.14. The highest BCUT2D eigenvalue weighted by Gasteiger charge is 2.14. The number of para-hydroxylation sites is 1. The molecule has 0 fully saturated rings. The summed E-state index contributed by atoms with van der Waals surface area (Å²) in [4.78, 5) is 12.2. The smallest absolute Gasteiger partial charge is 0.165 e. The van der Waals surface area contributed by atoms with Gasteiger partial charge in [-0.25, -0.2) is 0 Å². The largest absolute Gasteiger partial charge is 0.494 e. The third-order valence-corrected chi connectivity index (χ3v) is 3.30. The van der Waals surface area contributed by atoms with Gasteiger partial charge in [-0.15, -0.1) is 0 Å². The number of hydrogen-bond acceptors (Lipinski definition) is 2. The highest BCUT2D eigenvalue weighted by Crippen LogP contribution is 2.15. The number of ether oxygens (including phenoxy) is 1. The number of hydrogen-bond donors (Lipinski definition) is 0. The molecule has 1 atom stereocenters. The van der Waals surface area contributed by atoms with Crippen molar-refractivity contribution in [2.75, 3.05) is 6.61 Å². The predicted octanol–water partition coefficient (Wildman–Crippen LogP) is 4.36. The SMILES string of the molecule is CC(CCCOc1ccccc1)C(=O)c1ccccc1. The van der Waals surface area contributed by atoms with E-state index >= 15 is 0 Å². The van der Waals surface area contributed by atoms with Gasteiger partial charge in [0.25, 0.3) is 0 Å². The average molecular weight is 268 g/mol. The van der Waals surface area contributed by atoms with Gasteiger partial charge >= 0.3 is 0 Å². The van der Waals surface area contributed by atoms with Gasteiger partial charge in [-0.1, -0.05) is 55.5 Å². The molecule has 20 heavy (non-hydrogen) atoms. The van der Waals surface area contributed by atoms with Gasteiger partial charge in [0.1, 0.15) is 5.75 Å². The number of rotatable bonds is 7. The summed E-state index contributed by atoms with van der Waals surface area (Å²) in [5.41, 5.74) is 0.795. The van der Waals surface area contributed by atoms with Gasteiger partial charge in [0, 0.05) is 11.5 Å². The molecule has 2 aromatic rings. The Labute approximate surface area is 120 Å². The van der Waals surface area contributed by atoms with Crippen LogP contribution in [0.3, 0.4) is 0 Å². The van der Waals surface area contributed by atoms with E-state index in [4.69, 9.17) is 4.74 Å². The van der Waals surface area contributed by atoms with Crippen LogP contribution in [-0.4, -0.2) is 12.4 Å². The van der Waals surface area contributed by atoms with Crippen LogP contribution in [0.2, 0.25) is 0 Å². The summed E-state index contributed by atoms with van der Waals surface area (Å²) in [6, 6.07) is 19.2. The van der Waals surface area contributed by atoms with Crippen molar-refractivity contribution in [2.24, 2.45) is 5.92 Å². The maximum Gasteiger partial charge on any atom is 0.165 e. The third kappa shape index (κ3) is 4.23. The molecule has 0 heterocycles. The van der Waals surface area contributed by atoms with Gasteiger partial charge in [-0.05, 0) is 25.0 Å². The van der Waals surface area contributed by atoms with Crippen LogP contribution in [0.5, 0.6) is 5.75 Å². The van der Waals surface area contributed by atoms with Crippen LogP contribution in [0.25, 0.3) is 0 Å². The van der Waals surface area contributed by atoms with Crippen LogP contribution in [0.4, 0.5) is 0 Å². The summed E-state index contributed by atoms with van der Waals surface area (Å²) < 4.78 is 5.63. The molecule has 0 amide bonds. The summed E-state index contributed by atoms with van der Waals surface area (Å²) >= 11 is 0. The molecule has 0 saturated heterocycles. The second-order valence-electron chi connectivity index (χ2n) is 4.94. The lowest BCUT2D eigenvalue weighted by Crippen LogP contribution is -2.12. The van der Waals surface area contributed by atoms with E-state index < -0.39 is 0 Å². The van der Waals surface area contributed by atoms with Crippen molar-refractivity contribution >= 4 is 5.78 Å². The average Bonchev–Trinajstić information content (AvgIpc) is 2.52. The summed E-state index contributed by atoms with van der Waals surface area (Å²) in [6.07, 6.45) is 1.73. The number of ketones is 1. The lowest BCUT2D eigenvalue weighted by molar-refractivity contribution is 0.0920. The first kappa shape index (κ1) is 14.3. The molecule has 0 spiro atoms. The molecule has 0 saturated carbocycles. The highest BCUT2D eigenvalue weighted by atomic mass is 16.5. The lowest BCUT2D eigenvalue weighted by Gasteiger charge is -2.11. The van der Waals surface area contributed by atoms with Gasteiger partial charge in [0.2, 0.25) is 0 Å². The van der Waals surface area contributed by atoms with Crippen molar-refractivity contribution in [3.05, 3.63) is 66.2 Å². The standard InChI is InChI=1S/C18H20O2/c1-15(18(19)16-10-4-2-5-11-16)9-8-14-20-17-12-6-3-7-13-17/h2-7,10-13,15H,8-9,14H2,1H3. The molecule has 0 N–H and O–H groups in total. The molecular weight excluding hydrogens is 248 g/mol. The first-order valence-corrected chi connectivity index (χ1v) is 7.04. The molecule has 0 aliphatic carbocycles. The molecule has 2 heteroatoms. The van der Waals surface area contributed by atoms with E-state index in [1.807, 2.05) is 67.6 Å². The van der Waals surface area contributed by atoms with E-state index in [9.17, 15) is 4.79 Å². The Bertz CT molecular complexity index is 520. The molecular formula is C18H20O2. The van der Waals surface area contributed by atoms with E-state index in [1.54, 1.807) is 0 Å². The van der Waals surface area contributed by atoms with E-state index in [0.29, 0.717) is 6.61 Å². The Kier molecular flexibility index (Phi) is 5.36. The second-order valence-corrected chi connectivity index (χ2v) is 4.94. The van der Waals surface area contributed by atoms with Gasteiger partial charge in [0.15, 0.2) is 5.78 Å². The van der Waals surface area contributed by atoms with Crippen molar-refractivity contribution in [3.63, 3.8) is 0 Å². The molecule has 104 valence electrons. The number of Topliss-reactive ketones (excluding diaryl/α,β-unsaturated/α-hetero) is 1. The van der Waals surface area contributed by atoms with E-state index in [2.05, 4.69) is 0 Å². The summed E-state index contributed by atoms with van der Waals surface area (Å²) in [5, 5.41) is 0. The first-order valence-electron chi connectivity index (χ1n) is 7.04. The molecule has 0 aliphatic heterocycles. The minimum Gasteiger partial charge on any atom is -0.494 e. The Morgan fingerprint density at radius 1 is 1.00 bits per heavy atom. The summed E-state index contributed by atoms with van der Waals surface area (Å²) in [6.45, 7) is 2.63. The van der Waals surface area contributed by atoms with Gasteiger partial charge in [-0.3, -0.25) is 4.79 Å². The molecule has 2 nitrogen and oxygen atoms in total. The highest BCUT2D eigenvalue weighted by molar-refractivity contribution is 5.97. The zero-order chi connectivity index (χ0) is 14.2. The van der Waals surface area contributed by atoms with E-state index in [1.165, 1.54) is 0 Å². The zero-order valence-electron chi connectivity index (χ0n) is 11.8. The quantitative estimate of drug-likeness (QED) is 0.550. The molecule has 1 unspecified atom stereocenters. The third-order valence-electron chi connectivity index (χ3n) is 3.30. The maximum atomic E-state index is 12.2. The fourth-order valence-corrected chi connectivity index (χ4v) is 2.11. The lowest BCUT2D eigenvalue weighted by atomic mass is 9.95. The zero-order valence-corrected chi connectivity index (χ0v) is 11.8. The van der Waals surface area contributed by atoms with Crippen molar-refractivity contribution < 1.29 is 9.53 Å². The van der Waals surface area contributed by atoms with Gasteiger partial charge in [-0.2, -0.15) is 0 Å². The normalized spacial score (nSPS) is 11.8. The van der Waals surface area contributed by atoms with Gasteiger partial charge in [0.05, 0.1) is 6.61 Å². The fraction of sp³-hybridized carbons (Fsp3) is 0.278. The Morgan fingerprint density at radius 2 is 1.60 bits per heavy atom. The summed E-state index contributed by atoms with van der Waals surface area (Å²) in [7, 11) is 0. The molecule has 2 aromatic carbocycles. The minimum atomic E-state index is 0.0387. The van der Waals surface area contributed by atoms with Crippen molar-refractivity contribution in [1.29, 1.82) is 0 Å². The van der Waals surface area contributed by atoms with Crippen molar-refractivity contribution in [2.45, 2.75) is 19.8 Å². The van der Waals surface area contributed by atoms with Gasteiger partial charge < -0.3 is 4.74 Å². The minimum absolute atomic E-state index is 0.0387. The van der Waals surface area contributed by atoms with Crippen LogP contribution in [0.1, 0.15) is 30.1 Å². The number of carbonyl (C=O) groups is 1. The molecule has 0 aliphatic rings. The maximum absolute atomic E-state index is 12.2. The Morgan fingerprint density at radius 3 is 2.25 bits per heavy atom. The fourth-order valence-electron chi connectivity index (χ4n) is 2.11.